The van der Waals surface area contributed by atoms with Crippen LogP contribution < -0.4 is 0 Å². The molecule has 0 bridgehead atoms. The Bertz CT molecular complexity index is 590. The van der Waals surface area contributed by atoms with Crippen LogP contribution in [0.15, 0.2) is 0 Å². The minimum absolute atomic E-state index is 0.510. The average molecular weight is 501 g/mol. The normalized spacial score (nSPS) is 20.5. The van der Waals surface area contributed by atoms with Crippen molar-refractivity contribution in [2.24, 2.45) is 5.92 Å². The van der Waals surface area contributed by atoms with Crippen molar-refractivity contribution in [3.8, 4) is 0 Å². The molecule has 1 rings (SSSR count). The van der Waals surface area contributed by atoms with E-state index in [0.717, 1.165) is 16.8 Å². The molecule has 0 aliphatic carbocycles. The van der Waals surface area contributed by atoms with Gasteiger partial charge in [-0.25, -0.2) is 9.59 Å². The van der Waals surface area contributed by atoms with E-state index >= 15 is 0 Å². The second-order valence-electron chi connectivity index (χ2n) is 4.98. The third-order valence-corrected chi connectivity index (χ3v) is 6.05. The van der Waals surface area contributed by atoms with Gasteiger partial charge in [-0.15, -0.1) is 11.8 Å². The second kappa shape index (κ2) is 11.1. The maximum Gasteiger partial charge on any atom is 0.508 e. The molecule has 1 unspecified atom stereocenters. The molecule has 0 aromatic rings. The monoisotopic (exact) mass is 499 g/mol. The summed E-state index contributed by atoms with van der Waals surface area (Å²) in [7, 11) is 0. The van der Waals surface area contributed by atoms with Gasteiger partial charge in [-0.3, -0.25) is 4.79 Å². The molecule has 8 nitrogen and oxygen atoms in total. The van der Waals surface area contributed by atoms with Gasteiger partial charge in [0.05, 0.1) is 0 Å². The number of nitrogens with zero attached hydrogens (tertiary/aromatic N) is 1. The number of carbonyl (C=O) groups is 3. The van der Waals surface area contributed by atoms with E-state index in [-0.39, 0.29) is 0 Å². The lowest BCUT2D eigenvalue weighted by molar-refractivity contribution is -0.234. The summed E-state index contributed by atoms with van der Waals surface area (Å²) < 4.78 is 8.40. The van der Waals surface area contributed by atoms with Crippen LogP contribution in [-0.2, 0) is 23.9 Å². The molecule has 27 heavy (non-hydrogen) atoms. The molecular weight excluding hydrogens is 485 g/mol. The number of β-lactam (4-membered cyclic amide) rings is 1. The standard InChI is InChI=1S/C13H16Cl3NO7S3/c1-3-26-12(25)27-10-8(9(20)17(10)24-7(19)4-18)6(2)23-11(21)22-5-13(14,15)16/h6,8,10,18H,3-5H2,1-2H3/t6?,8-,10+/m0/s1. The molecule has 0 saturated carbocycles. The average Bonchev–Trinajstić information content (AvgIpc) is 2.56. The summed E-state index contributed by atoms with van der Waals surface area (Å²) in [6.07, 6.45) is -2.06. The van der Waals surface area contributed by atoms with Gasteiger partial charge in [-0.2, -0.15) is 5.06 Å². The van der Waals surface area contributed by atoms with Gasteiger partial charge >= 0.3 is 12.1 Å². The Morgan fingerprint density at radius 2 is 2.04 bits per heavy atom. The summed E-state index contributed by atoms with van der Waals surface area (Å²) >= 11 is 24.1. The van der Waals surface area contributed by atoms with Crippen LogP contribution in [0.5, 0.6) is 0 Å². The highest BCUT2D eigenvalue weighted by Gasteiger charge is 2.55. The van der Waals surface area contributed by atoms with Crippen LogP contribution >= 0.6 is 70.5 Å². The van der Waals surface area contributed by atoms with Gasteiger partial charge in [0.1, 0.15) is 34.1 Å². The number of aliphatic hydroxyl groups is 1. The molecule has 0 radical (unpaired) electrons. The SMILES string of the molecule is CCSC(=S)S[C@@H]1[C@@H](C(C)OC(=O)OCC(Cl)(Cl)Cl)C(=O)N1OC(=O)CO. The van der Waals surface area contributed by atoms with E-state index in [1.807, 2.05) is 6.92 Å². The lowest BCUT2D eigenvalue weighted by atomic mass is 9.95. The number of rotatable bonds is 7. The predicted molar refractivity (Wildman–Crippen MR) is 108 cm³/mol. The zero-order chi connectivity index (χ0) is 20.8. The van der Waals surface area contributed by atoms with Gasteiger partial charge in [0.2, 0.25) is 3.79 Å². The van der Waals surface area contributed by atoms with Gasteiger partial charge in [-0.1, -0.05) is 65.7 Å². The van der Waals surface area contributed by atoms with E-state index in [0.29, 0.717) is 9.28 Å². The molecule has 3 atom stereocenters. The van der Waals surface area contributed by atoms with Gasteiger partial charge in [0.25, 0.3) is 5.91 Å². The van der Waals surface area contributed by atoms with Crippen molar-refractivity contribution in [1.29, 1.82) is 0 Å². The molecule has 1 heterocycles. The van der Waals surface area contributed by atoms with Crippen LogP contribution in [0, 0.1) is 5.92 Å². The van der Waals surface area contributed by atoms with Crippen molar-refractivity contribution in [2.75, 3.05) is 19.0 Å². The minimum Gasteiger partial charge on any atom is -0.430 e. The highest BCUT2D eigenvalue weighted by Crippen LogP contribution is 2.41. The van der Waals surface area contributed by atoms with Gasteiger partial charge < -0.3 is 19.4 Å². The van der Waals surface area contributed by atoms with Crippen molar-refractivity contribution in [3.63, 3.8) is 0 Å². The Hall–Kier alpha value is -0.170. The number of hydrogen-bond donors (Lipinski definition) is 1. The quantitative estimate of drug-likeness (QED) is 0.243. The number of halogens is 3. The first-order valence-corrected chi connectivity index (χ1v) is 10.8. The van der Waals surface area contributed by atoms with Crippen LogP contribution in [0.3, 0.4) is 0 Å². The predicted octanol–water partition coefficient (Wildman–Crippen LogP) is 2.90. The van der Waals surface area contributed by atoms with Crippen LogP contribution in [0.25, 0.3) is 0 Å². The number of hydroxylamine groups is 2. The Morgan fingerprint density at radius 3 is 2.56 bits per heavy atom. The molecule has 0 aromatic carbocycles. The molecule has 1 N–H and O–H groups in total. The fourth-order valence-corrected chi connectivity index (χ4v) is 4.79. The number of ether oxygens (including phenoxy) is 2. The maximum atomic E-state index is 12.3. The molecular formula is C13H16Cl3NO7S3. The maximum absolute atomic E-state index is 12.3. The second-order valence-corrected chi connectivity index (χ2v) is 11.1. The Labute approximate surface area is 184 Å². The number of alkyl halides is 3. The zero-order valence-electron chi connectivity index (χ0n) is 14.1. The van der Waals surface area contributed by atoms with Crippen molar-refractivity contribution in [1.82, 2.24) is 5.06 Å². The molecule has 1 amide bonds. The molecule has 1 fully saturated rings. The highest BCUT2D eigenvalue weighted by atomic mass is 35.6. The number of thiocarbonyl (C=S) groups is 1. The molecule has 0 spiro atoms. The third kappa shape index (κ3) is 8.00. The van der Waals surface area contributed by atoms with E-state index < -0.39 is 52.4 Å². The largest absolute Gasteiger partial charge is 0.508 e. The summed E-state index contributed by atoms with van der Waals surface area (Å²) in [5.41, 5.74) is 0. The summed E-state index contributed by atoms with van der Waals surface area (Å²) in [6.45, 7) is 1.94. The van der Waals surface area contributed by atoms with Crippen molar-refractivity contribution < 1.29 is 33.8 Å². The van der Waals surface area contributed by atoms with Crippen LogP contribution in [-0.4, -0.2) is 66.0 Å². The smallest absolute Gasteiger partial charge is 0.430 e. The lowest BCUT2D eigenvalue weighted by Crippen LogP contribution is -2.63. The Kier molecular flexibility index (Phi) is 10.2. The number of hydrogen-bond acceptors (Lipinski definition) is 10. The summed E-state index contributed by atoms with van der Waals surface area (Å²) in [5, 5.41) is 8.86. The first-order chi connectivity index (χ1) is 12.5. The topological polar surface area (TPSA) is 102 Å². The number of carbonyl (C=O) groups excluding carboxylic acids is 3. The molecule has 1 aliphatic heterocycles. The zero-order valence-corrected chi connectivity index (χ0v) is 18.8. The summed E-state index contributed by atoms with van der Waals surface area (Å²) in [6, 6.07) is 0. The summed E-state index contributed by atoms with van der Waals surface area (Å²) in [5.74, 6) is -1.75. The summed E-state index contributed by atoms with van der Waals surface area (Å²) in [4.78, 5) is 40.1. The molecule has 14 heteroatoms. The molecule has 154 valence electrons. The first-order valence-electron chi connectivity index (χ1n) is 7.38. The van der Waals surface area contributed by atoms with Crippen molar-refractivity contribution in [2.45, 2.75) is 29.1 Å². The van der Waals surface area contributed by atoms with E-state index in [1.165, 1.54) is 18.7 Å². The van der Waals surface area contributed by atoms with Crippen LogP contribution in [0.4, 0.5) is 4.79 Å². The Morgan fingerprint density at radius 1 is 1.41 bits per heavy atom. The van der Waals surface area contributed by atoms with Crippen LogP contribution in [0.1, 0.15) is 13.8 Å². The van der Waals surface area contributed by atoms with Crippen LogP contribution in [0.2, 0.25) is 0 Å². The van der Waals surface area contributed by atoms with E-state index in [1.54, 1.807) is 0 Å². The van der Waals surface area contributed by atoms with Crippen molar-refractivity contribution >= 4 is 92.1 Å². The lowest BCUT2D eigenvalue weighted by Gasteiger charge is -2.45. The fraction of sp³-hybridized carbons (Fsp3) is 0.692. The Balaban J connectivity index is 2.76. The highest BCUT2D eigenvalue weighted by molar-refractivity contribution is 8.47. The fourth-order valence-electron chi connectivity index (χ4n) is 1.90. The van der Waals surface area contributed by atoms with E-state index in [9.17, 15) is 14.4 Å². The molecule has 1 saturated heterocycles. The number of thioether (sulfide) groups is 2. The number of amides is 1. The van der Waals surface area contributed by atoms with Crippen molar-refractivity contribution in [3.05, 3.63) is 0 Å². The number of aliphatic hydroxyl groups excluding tert-OH is 1. The molecule has 0 aromatic heterocycles. The first kappa shape index (κ1) is 24.9. The van der Waals surface area contributed by atoms with E-state index in [4.69, 9.17) is 61.7 Å². The van der Waals surface area contributed by atoms with Gasteiger partial charge in [-0.05, 0) is 12.7 Å². The van der Waals surface area contributed by atoms with Gasteiger partial charge in [0.15, 0.2) is 0 Å². The minimum atomic E-state index is -1.80. The third-order valence-electron chi connectivity index (χ3n) is 2.99. The molecule has 1 aliphatic rings. The van der Waals surface area contributed by atoms with Gasteiger partial charge in [0, 0.05) is 0 Å². The van der Waals surface area contributed by atoms with E-state index in [2.05, 4.69) is 4.74 Å².